The van der Waals surface area contributed by atoms with Gasteiger partial charge < -0.3 is 10.6 Å². The summed E-state index contributed by atoms with van der Waals surface area (Å²) in [4.78, 5) is 27.7. The zero-order valence-electron chi connectivity index (χ0n) is 12.8. The van der Waals surface area contributed by atoms with Crippen LogP contribution in [0.15, 0.2) is 42.5 Å². The van der Waals surface area contributed by atoms with Crippen LogP contribution in [-0.2, 0) is 16.0 Å². The highest BCUT2D eigenvalue weighted by Gasteiger charge is 2.11. The predicted molar refractivity (Wildman–Crippen MR) is 97.7 cm³/mol. The van der Waals surface area contributed by atoms with Crippen LogP contribution in [-0.4, -0.2) is 16.8 Å². The Balaban J connectivity index is 1.74. The maximum absolute atomic E-state index is 12.2. The Labute approximate surface area is 147 Å². The maximum Gasteiger partial charge on any atom is 0.230 e. The number of nitrogens with zero attached hydrogens (tertiary/aromatic N) is 1. The highest BCUT2D eigenvalue weighted by atomic mass is 35.5. The fourth-order valence-corrected chi connectivity index (χ4v) is 3.36. The molecule has 2 aromatic carbocycles. The lowest BCUT2D eigenvalue weighted by Crippen LogP contribution is -2.14. The van der Waals surface area contributed by atoms with Gasteiger partial charge in [-0.05, 0) is 29.8 Å². The molecule has 0 saturated carbocycles. The molecule has 1 aromatic heterocycles. The van der Waals surface area contributed by atoms with Crippen LogP contribution in [0.3, 0.4) is 0 Å². The molecule has 0 aliphatic rings. The lowest BCUT2D eigenvalue weighted by molar-refractivity contribution is -0.116. The van der Waals surface area contributed by atoms with Crippen molar-refractivity contribution < 1.29 is 9.59 Å². The average Bonchev–Trinajstić information content (AvgIpc) is 2.90. The van der Waals surface area contributed by atoms with Gasteiger partial charge in [-0.3, -0.25) is 9.59 Å². The molecule has 0 aliphatic carbocycles. The van der Waals surface area contributed by atoms with Crippen LogP contribution < -0.4 is 10.6 Å². The molecule has 5 nitrogen and oxygen atoms in total. The molecule has 0 atom stereocenters. The van der Waals surface area contributed by atoms with Gasteiger partial charge in [-0.25, -0.2) is 4.98 Å². The van der Waals surface area contributed by atoms with Crippen molar-refractivity contribution in [3.8, 4) is 0 Å². The molecule has 0 unspecified atom stereocenters. The molecular weight excluding hydrogens is 346 g/mol. The van der Waals surface area contributed by atoms with E-state index in [0.29, 0.717) is 15.8 Å². The number of nitrogens with one attached hydrogen (secondary N) is 2. The molecule has 2 N–H and O–H groups in total. The first-order valence-electron chi connectivity index (χ1n) is 7.23. The van der Waals surface area contributed by atoms with E-state index in [2.05, 4.69) is 15.6 Å². The van der Waals surface area contributed by atoms with E-state index in [1.165, 1.54) is 18.3 Å². The Bertz CT molecular complexity index is 923. The summed E-state index contributed by atoms with van der Waals surface area (Å²) < 4.78 is 0.884. The first-order valence-corrected chi connectivity index (χ1v) is 8.42. The second-order valence-electron chi connectivity index (χ2n) is 5.20. The van der Waals surface area contributed by atoms with Gasteiger partial charge in [0.25, 0.3) is 0 Å². The summed E-state index contributed by atoms with van der Waals surface area (Å²) in [6.45, 7) is 1.46. The summed E-state index contributed by atoms with van der Waals surface area (Å²) in [6.07, 6.45) is 0.187. The third-order valence-electron chi connectivity index (χ3n) is 3.26. The van der Waals surface area contributed by atoms with Gasteiger partial charge in [0.2, 0.25) is 11.8 Å². The van der Waals surface area contributed by atoms with E-state index in [9.17, 15) is 9.59 Å². The standard InChI is InChI=1S/C17H14ClN3O2S/c1-10(22)19-12-6-7-14-15(9-12)24-17(20-14)21-16(23)8-11-4-2-3-5-13(11)18/h2-7,9H,8H2,1H3,(H,19,22)(H,20,21,23). The van der Waals surface area contributed by atoms with Gasteiger partial charge in [-0.1, -0.05) is 41.1 Å². The smallest absolute Gasteiger partial charge is 0.230 e. The van der Waals surface area contributed by atoms with E-state index in [1.54, 1.807) is 18.2 Å². The predicted octanol–water partition coefficient (Wildman–Crippen LogP) is 4.09. The van der Waals surface area contributed by atoms with Gasteiger partial charge in [0.15, 0.2) is 5.13 Å². The number of aromatic nitrogens is 1. The van der Waals surface area contributed by atoms with Gasteiger partial charge >= 0.3 is 0 Å². The van der Waals surface area contributed by atoms with Crippen molar-refractivity contribution in [1.82, 2.24) is 4.98 Å². The Kier molecular flexibility index (Phi) is 4.78. The van der Waals surface area contributed by atoms with E-state index < -0.39 is 0 Å². The third-order valence-corrected chi connectivity index (χ3v) is 4.57. The van der Waals surface area contributed by atoms with Crippen molar-refractivity contribution in [2.45, 2.75) is 13.3 Å². The van der Waals surface area contributed by atoms with E-state index in [-0.39, 0.29) is 18.2 Å². The van der Waals surface area contributed by atoms with Crippen LogP contribution >= 0.6 is 22.9 Å². The molecule has 24 heavy (non-hydrogen) atoms. The second-order valence-corrected chi connectivity index (χ2v) is 6.64. The highest BCUT2D eigenvalue weighted by Crippen LogP contribution is 2.28. The lowest BCUT2D eigenvalue weighted by atomic mass is 10.1. The molecule has 0 bridgehead atoms. The molecule has 0 saturated heterocycles. The molecule has 0 radical (unpaired) electrons. The first kappa shape index (κ1) is 16.4. The van der Waals surface area contributed by atoms with Gasteiger partial charge in [-0.2, -0.15) is 0 Å². The number of hydrogen-bond donors (Lipinski definition) is 2. The Morgan fingerprint density at radius 3 is 2.71 bits per heavy atom. The van der Waals surface area contributed by atoms with Crippen LogP contribution in [0.25, 0.3) is 10.2 Å². The number of rotatable bonds is 4. The molecule has 3 rings (SSSR count). The van der Waals surface area contributed by atoms with Crippen LogP contribution in [0.4, 0.5) is 10.8 Å². The largest absolute Gasteiger partial charge is 0.326 e. The van der Waals surface area contributed by atoms with Crippen LogP contribution in [0.1, 0.15) is 12.5 Å². The molecule has 122 valence electrons. The molecule has 0 spiro atoms. The van der Waals surface area contributed by atoms with Crippen molar-refractivity contribution in [2.75, 3.05) is 10.6 Å². The van der Waals surface area contributed by atoms with Crippen molar-refractivity contribution in [1.29, 1.82) is 0 Å². The van der Waals surface area contributed by atoms with E-state index in [1.807, 2.05) is 24.3 Å². The fraction of sp³-hybridized carbons (Fsp3) is 0.118. The van der Waals surface area contributed by atoms with E-state index in [4.69, 9.17) is 11.6 Å². The lowest BCUT2D eigenvalue weighted by Gasteiger charge is -2.03. The number of halogens is 1. The van der Waals surface area contributed by atoms with Crippen molar-refractivity contribution in [2.24, 2.45) is 0 Å². The van der Waals surface area contributed by atoms with Gasteiger partial charge in [0, 0.05) is 17.6 Å². The molecule has 7 heteroatoms. The number of carbonyl (C=O) groups excluding carboxylic acids is 2. The van der Waals surface area contributed by atoms with Gasteiger partial charge in [0.05, 0.1) is 16.6 Å². The first-order chi connectivity index (χ1) is 11.5. The third kappa shape index (κ3) is 3.90. The minimum Gasteiger partial charge on any atom is -0.326 e. The molecular formula is C17H14ClN3O2S. The quantitative estimate of drug-likeness (QED) is 0.737. The maximum atomic E-state index is 12.2. The molecule has 0 aliphatic heterocycles. The van der Waals surface area contributed by atoms with Crippen molar-refractivity contribution in [3.63, 3.8) is 0 Å². The highest BCUT2D eigenvalue weighted by molar-refractivity contribution is 7.22. The fourth-order valence-electron chi connectivity index (χ4n) is 2.24. The van der Waals surface area contributed by atoms with Crippen LogP contribution in [0.5, 0.6) is 0 Å². The summed E-state index contributed by atoms with van der Waals surface area (Å²) in [5.41, 5.74) is 2.24. The summed E-state index contributed by atoms with van der Waals surface area (Å²) in [6, 6.07) is 12.7. The molecule has 1 heterocycles. The summed E-state index contributed by atoms with van der Waals surface area (Å²) >= 11 is 7.42. The molecule has 2 amide bonds. The van der Waals surface area contributed by atoms with Crippen molar-refractivity contribution in [3.05, 3.63) is 53.1 Å². The zero-order valence-corrected chi connectivity index (χ0v) is 14.4. The van der Waals surface area contributed by atoms with Crippen LogP contribution in [0, 0.1) is 0 Å². The second kappa shape index (κ2) is 6.98. The molecule has 0 fully saturated rings. The monoisotopic (exact) mass is 359 g/mol. The van der Waals surface area contributed by atoms with E-state index in [0.717, 1.165) is 15.8 Å². The van der Waals surface area contributed by atoms with E-state index >= 15 is 0 Å². The SMILES string of the molecule is CC(=O)Nc1ccc2nc(NC(=O)Cc3ccccc3Cl)sc2c1. The zero-order chi connectivity index (χ0) is 17.1. The average molecular weight is 360 g/mol. The number of amides is 2. The van der Waals surface area contributed by atoms with Gasteiger partial charge in [0.1, 0.15) is 0 Å². The Hall–Kier alpha value is -2.44. The number of carbonyl (C=O) groups is 2. The number of hydrogen-bond acceptors (Lipinski definition) is 4. The molecule has 3 aromatic rings. The Morgan fingerprint density at radius 2 is 1.96 bits per heavy atom. The normalized spacial score (nSPS) is 10.6. The minimum atomic E-state index is -0.177. The van der Waals surface area contributed by atoms with Crippen molar-refractivity contribution >= 4 is 55.8 Å². The summed E-state index contributed by atoms with van der Waals surface area (Å²) in [7, 11) is 0. The number of fused-ring (bicyclic) bond motifs is 1. The Morgan fingerprint density at radius 1 is 1.17 bits per heavy atom. The number of anilines is 2. The summed E-state index contributed by atoms with van der Waals surface area (Å²) in [5, 5.41) is 6.60. The number of benzene rings is 2. The summed E-state index contributed by atoms with van der Waals surface area (Å²) in [5.74, 6) is -0.309. The van der Waals surface area contributed by atoms with Crippen LogP contribution in [0.2, 0.25) is 5.02 Å². The minimum absolute atomic E-state index is 0.132. The van der Waals surface area contributed by atoms with Gasteiger partial charge in [-0.15, -0.1) is 0 Å². The topological polar surface area (TPSA) is 71.1 Å². The number of thiazole rings is 1.